The van der Waals surface area contributed by atoms with Crippen LogP contribution >= 0.6 is 0 Å². The molecule has 18 heavy (non-hydrogen) atoms. The summed E-state index contributed by atoms with van der Waals surface area (Å²) in [4.78, 5) is 13.9. The first-order chi connectivity index (χ1) is 8.65. The number of likely N-dealkylation sites (tertiary alicyclic amines) is 1. The van der Waals surface area contributed by atoms with Crippen LogP contribution in [0.5, 0.6) is 0 Å². The minimum absolute atomic E-state index is 0.139. The molecule has 0 bridgehead atoms. The predicted molar refractivity (Wildman–Crippen MR) is 70.1 cm³/mol. The summed E-state index contributed by atoms with van der Waals surface area (Å²) in [5, 5.41) is 2.63. The number of hydrogen-bond donors (Lipinski definition) is 1. The molecule has 2 rings (SSSR count). The zero-order valence-electron chi connectivity index (χ0n) is 10.7. The van der Waals surface area contributed by atoms with E-state index in [1.54, 1.807) is 12.1 Å². The molecule has 1 heterocycles. The Kier molecular flexibility index (Phi) is 4.31. The van der Waals surface area contributed by atoms with Crippen molar-refractivity contribution in [2.24, 2.45) is 0 Å². The summed E-state index contributed by atoms with van der Waals surface area (Å²) in [6.45, 7) is 4.10. The Balaban J connectivity index is 1.90. The van der Waals surface area contributed by atoms with Crippen molar-refractivity contribution in [3.63, 3.8) is 0 Å². The normalized spacial score (nSPS) is 16.6. The molecule has 1 aliphatic heterocycles. The highest BCUT2D eigenvalue weighted by Crippen LogP contribution is 2.15. The molecule has 0 spiro atoms. The minimum atomic E-state index is -0.373. The van der Waals surface area contributed by atoms with Crippen molar-refractivity contribution in [3.8, 4) is 0 Å². The molecule has 1 amide bonds. The van der Waals surface area contributed by atoms with Crippen molar-refractivity contribution in [1.29, 1.82) is 0 Å². The number of piperidine rings is 1. The molecule has 1 aliphatic rings. The van der Waals surface area contributed by atoms with Gasteiger partial charge in [-0.3, -0.25) is 9.69 Å². The third kappa shape index (κ3) is 3.53. The van der Waals surface area contributed by atoms with Gasteiger partial charge in [-0.25, -0.2) is 4.39 Å². The Bertz CT molecular complexity index is 428. The molecule has 98 valence electrons. The predicted octanol–water partition coefficient (Wildman–Crippen LogP) is 2.56. The smallest absolute Gasteiger partial charge is 0.238 e. The lowest BCUT2D eigenvalue weighted by Gasteiger charge is -2.25. The number of anilines is 1. The van der Waals surface area contributed by atoms with Crippen LogP contribution in [0, 0.1) is 12.7 Å². The average molecular weight is 250 g/mol. The monoisotopic (exact) mass is 250 g/mol. The lowest BCUT2D eigenvalue weighted by atomic mass is 10.1. The van der Waals surface area contributed by atoms with E-state index in [2.05, 4.69) is 10.2 Å². The summed E-state index contributed by atoms with van der Waals surface area (Å²) >= 11 is 0. The molecule has 4 heteroatoms. The Morgan fingerprint density at radius 1 is 1.33 bits per heavy atom. The number of aryl methyl sites for hydroxylation is 1. The topological polar surface area (TPSA) is 32.3 Å². The summed E-state index contributed by atoms with van der Waals surface area (Å²) in [5.74, 6) is -0.512. The zero-order chi connectivity index (χ0) is 13.0. The Morgan fingerprint density at radius 3 is 2.72 bits per heavy atom. The fraction of sp³-hybridized carbons (Fsp3) is 0.500. The van der Waals surface area contributed by atoms with E-state index < -0.39 is 0 Å². The van der Waals surface area contributed by atoms with E-state index in [1.165, 1.54) is 12.5 Å². The van der Waals surface area contributed by atoms with Crippen LogP contribution in [0.4, 0.5) is 10.1 Å². The maximum Gasteiger partial charge on any atom is 0.238 e. The quantitative estimate of drug-likeness (QED) is 0.894. The number of nitrogens with one attached hydrogen (secondary N) is 1. The second kappa shape index (κ2) is 5.96. The van der Waals surface area contributed by atoms with E-state index in [4.69, 9.17) is 0 Å². The van der Waals surface area contributed by atoms with Gasteiger partial charge in [0.2, 0.25) is 5.91 Å². The molecule has 0 unspecified atom stereocenters. The Labute approximate surface area is 107 Å². The van der Waals surface area contributed by atoms with Crippen LogP contribution < -0.4 is 5.32 Å². The first-order valence-electron chi connectivity index (χ1n) is 6.43. The Hall–Kier alpha value is -1.42. The molecule has 0 aromatic heterocycles. The standard InChI is InChI=1S/C14H19FN2O/c1-11-5-6-13(12(15)9-11)16-14(18)10-17-7-3-2-4-8-17/h5-6,9H,2-4,7-8,10H2,1H3,(H,16,18). The molecule has 3 nitrogen and oxygen atoms in total. The highest BCUT2D eigenvalue weighted by Gasteiger charge is 2.14. The molecule has 1 aromatic carbocycles. The molecule has 1 fully saturated rings. The third-order valence-electron chi connectivity index (χ3n) is 3.21. The number of rotatable bonds is 3. The van der Waals surface area contributed by atoms with Gasteiger partial charge in [-0.05, 0) is 50.6 Å². The number of carbonyl (C=O) groups excluding carboxylic acids is 1. The van der Waals surface area contributed by atoms with Gasteiger partial charge in [-0.2, -0.15) is 0 Å². The van der Waals surface area contributed by atoms with Gasteiger partial charge in [-0.1, -0.05) is 12.5 Å². The van der Waals surface area contributed by atoms with Crippen LogP contribution in [0.2, 0.25) is 0 Å². The SMILES string of the molecule is Cc1ccc(NC(=O)CN2CCCCC2)c(F)c1. The molecule has 1 aromatic rings. The molecule has 1 saturated heterocycles. The number of carbonyl (C=O) groups is 1. The Morgan fingerprint density at radius 2 is 2.06 bits per heavy atom. The van der Waals surface area contributed by atoms with Crippen molar-refractivity contribution in [3.05, 3.63) is 29.6 Å². The molecule has 0 aliphatic carbocycles. The highest BCUT2D eigenvalue weighted by atomic mass is 19.1. The minimum Gasteiger partial charge on any atom is -0.322 e. The second-order valence-corrected chi connectivity index (χ2v) is 4.87. The molecule has 1 N–H and O–H groups in total. The maximum absolute atomic E-state index is 13.6. The maximum atomic E-state index is 13.6. The van der Waals surface area contributed by atoms with Crippen LogP contribution in [0.3, 0.4) is 0 Å². The number of hydrogen-bond acceptors (Lipinski definition) is 2. The zero-order valence-corrected chi connectivity index (χ0v) is 10.7. The summed E-state index contributed by atoms with van der Waals surface area (Å²) in [6.07, 6.45) is 3.53. The molecule has 0 saturated carbocycles. The van der Waals surface area contributed by atoms with E-state index in [0.717, 1.165) is 31.5 Å². The van der Waals surface area contributed by atoms with Gasteiger partial charge >= 0.3 is 0 Å². The molecule has 0 radical (unpaired) electrons. The van der Waals surface area contributed by atoms with Crippen molar-refractivity contribution >= 4 is 11.6 Å². The van der Waals surface area contributed by atoms with Crippen molar-refractivity contribution in [2.45, 2.75) is 26.2 Å². The van der Waals surface area contributed by atoms with Crippen LogP contribution in [0.15, 0.2) is 18.2 Å². The van der Waals surface area contributed by atoms with Gasteiger partial charge in [0.05, 0.1) is 12.2 Å². The second-order valence-electron chi connectivity index (χ2n) is 4.87. The first kappa shape index (κ1) is 13.0. The lowest BCUT2D eigenvalue weighted by molar-refractivity contribution is -0.117. The number of amides is 1. The van der Waals surface area contributed by atoms with E-state index in [0.29, 0.717) is 6.54 Å². The highest BCUT2D eigenvalue weighted by molar-refractivity contribution is 5.92. The number of nitrogens with zero attached hydrogens (tertiary/aromatic N) is 1. The fourth-order valence-corrected chi connectivity index (χ4v) is 2.23. The summed E-state index contributed by atoms with van der Waals surface area (Å²) in [7, 11) is 0. The molecular weight excluding hydrogens is 231 g/mol. The van der Waals surface area contributed by atoms with Crippen LogP contribution in [0.1, 0.15) is 24.8 Å². The van der Waals surface area contributed by atoms with Crippen LogP contribution in [0.25, 0.3) is 0 Å². The first-order valence-corrected chi connectivity index (χ1v) is 6.43. The van der Waals surface area contributed by atoms with Gasteiger partial charge < -0.3 is 5.32 Å². The van der Waals surface area contributed by atoms with Gasteiger partial charge in [0, 0.05) is 0 Å². The third-order valence-corrected chi connectivity index (χ3v) is 3.21. The van der Waals surface area contributed by atoms with Gasteiger partial charge in [0.25, 0.3) is 0 Å². The summed E-state index contributed by atoms with van der Waals surface area (Å²) in [6, 6.07) is 4.83. The van der Waals surface area contributed by atoms with E-state index in [-0.39, 0.29) is 17.4 Å². The van der Waals surface area contributed by atoms with Gasteiger partial charge in [0.1, 0.15) is 5.82 Å². The number of halogens is 1. The van der Waals surface area contributed by atoms with Crippen LogP contribution in [-0.2, 0) is 4.79 Å². The fourth-order valence-electron chi connectivity index (χ4n) is 2.23. The van der Waals surface area contributed by atoms with Crippen molar-refractivity contribution in [2.75, 3.05) is 25.0 Å². The molecule has 0 atom stereocenters. The van der Waals surface area contributed by atoms with E-state index in [1.807, 2.05) is 6.92 Å². The van der Waals surface area contributed by atoms with Crippen LogP contribution in [-0.4, -0.2) is 30.4 Å². The molecular formula is C14H19FN2O. The summed E-state index contributed by atoms with van der Waals surface area (Å²) in [5.41, 5.74) is 1.11. The van der Waals surface area contributed by atoms with Crippen molar-refractivity contribution in [1.82, 2.24) is 4.90 Å². The van der Waals surface area contributed by atoms with Gasteiger partial charge in [-0.15, -0.1) is 0 Å². The lowest BCUT2D eigenvalue weighted by Crippen LogP contribution is -2.36. The van der Waals surface area contributed by atoms with Gasteiger partial charge in [0.15, 0.2) is 0 Å². The largest absolute Gasteiger partial charge is 0.322 e. The summed E-state index contributed by atoms with van der Waals surface area (Å²) < 4.78 is 13.6. The number of benzene rings is 1. The van der Waals surface area contributed by atoms with E-state index in [9.17, 15) is 9.18 Å². The average Bonchev–Trinajstić information content (AvgIpc) is 2.34. The van der Waals surface area contributed by atoms with E-state index >= 15 is 0 Å². The van der Waals surface area contributed by atoms with Crippen molar-refractivity contribution < 1.29 is 9.18 Å².